The first-order valence-electron chi connectivity index (χ1n) is 7.03. The highest BCUT2D eigenvalue weighted by Crippen LogP contribution is 2.28. The molecule has 0 radical (unpaired) electrons. The second-order valence-electron chi connectivity index (χ2n) is 5.36. The van der Waals surface area contributed by atoms with Gasteiger partial charge >= 0.3 is 0 Å². The summed E-state index contributed by atoms with van der Waals surface area (Å²) in [6.45, 7) is 2.68. The Morgan fingerprint density at radius 1 is 1.24 bits per heavy atom. The fourth-order valence-corrected chi connectivity index (χ4v) is 2.97. The lowest BCUT2D eigenvalue weighted by atomic mass is 9.93. The molecule has 3 rings (SSSR count). The van der Waals surface area contributed by atoms with E-state index in [1.807, 2.05) is 37.3 Å². The summed E-state index contributed by atoms with van der Waals surface area (Å²) in [5.41, 5.74) is 4.28. The van der Waals surface area contributed by atoms with Crippen molar-refractivity contribution in [2.45, 2.75) is 13.3 Å². The van der Waals surface area contributed by atoms with Gasteiger partial charge in [0.25, 0.3) is 0 Å². The average molecular weight is 345 g/mol. The smallest absolute Gasteiger partial charge is 0.229 e. The second kappa shape index (κ2) is 5.90. The van der Waals surface area contributed by atoms with Crippen LogP contribution in [-0.4, -0.2) is 12.5 Å². The third-order valence-electron chi connectivity index (χ3n) is 3.84. The predicted molar refractivity (Wildman–Crippen MR) is 89.6 cm³/mol. The molecule has 1 amide bonds. The molecule has 2 aromatic rings. The molecule has 0 fully saturated rings. The molecule has 3 nitrogen and oxygen atoms in total. The largest absolute Gasteiger partial charge is 0.384 e. The Kier molecular flexibility index (Phi) is 3.97. The van der Waals surface area contributed by atoms with Crippen molar-refractivity contribution in [1.29, 1.82) is 0 Å². The van der Waals surface area contributed by atoms with Gasteiger partial charge in [0.1, 0.15) is 0 Å². The highest BCUT2D eigenvalue weighted by molar-refractivity contribution is 9.10. The Balaban J connectivity index is 1.74. The van der Waals surface area contributed by atoms with Gasteiger partial charge in [0.15, 0.2) is 0 Å². The first-order valence-corrected chi connectivity index (χ1v) is 7.82. The number of para-hydroxylation sites is 1. The maximum atomic E-state index is 12.5. The van der Waals surface area contributed by atoms with Gasteiger partial charge in [-0.2, -0.15) is 0 Å². The van der Waals surface area contributed by atoms with Gasteiger partial charge in [-0.3, -0.25) is 4.79 Å². The van der Waals surface area contributed by atoms with Crippen molar-refractivity contribution in [1.82, 2.24) is 0 Å². The second-order valence-corrected chi connectivity index (χ2v) is 6.16. The number of aryl methyl sites for hydroxylation is 1. The van der Waals surface area contributed by atoms with Crippen molar-refractivity contribution >= 4 is 33.2 Å². The SMILES string of the molecule is Cc1cccc(NC(=O)C2CNc3ccccc3C2)c1Br. The molecular weight excluding hydrogens is 328 g/mol. The number of amides is 1. The summed E-state index contributed by atoms with van der Waals surface area (Å²) in [7, 11) is 0. The number of hydrogen-bond acceptors (Lipinski definition) is 2. The number of anilines is 2. The normalized spacial score (nSPS) is 16.8. The van der Waals surface area contributed by atoms with Crippen LogP contribution in [0.2, 0.25) is 0 Å². The minimum Gasteiger partial charge on any atom is -0.384 e. The van der Waals surface area contributed by atoms with E-state index in [0.717, 1.165) is 27.8 Å². The van der Waals surface area contributed by atoms with Crippen LogP contribution in [0.4, 0.5) is 11.4 Å². The molecule has 1 aliphatic heterocycles. The van der Waals surface area contributed by atoms with Crippen LogP contribution in [0.3, 0.4) is 0 Å². The Hall–Kier alpha value is -1.81. The Morgan fingerprint density at radius 3 is 2.90 bits per heavy atom. The topological polar surface area (TPSA) is 41.1 Å². The number of rotatable bonds is 2. The minimum absolute atomic E-state index is 0.0488. The molecular formula is C17H17BrN2O. The zero-order valence-electron chi connectivity index (χ0n) is 11.8. The maximum Gasteiger partial charge on any atom is 0.229 e. The molecule has 1 unspecified atom stereocenters. The molecule has 0 saturated carbocycles. The van der Waals surface area contributed by atoms with E-state index in [4.69, 9.17) is 0 Å². The van der Waals surface area contributed by atoms with Crippen LogP contribution in [0.5, 0.6) is 0 Å². The molecule has 2 aromatic carbocycles. The van der Waals surface area contributed by atoms with Crippen molar-refractivity contribution in [2.24, 2.45) is 5.92 Å². The molecule has 108 valence electrons. The molecule has 0 aliphatic carbocycles. The van der Waals surface area contributed by atoms with Crippen LogP contribution < -0.4 is 10.6 Å². The number of carbonyl (C=O) groups excluding carboxylic acids is 1. The van der Waals surface area contributed by atoms with E-state index in [-0.39, 0.29) is 11.8 Å². The van der Waals surface area contributed by atoms with Crippen molar-refractivity contribution in [3.8, 4) is 0 Å². The van der Waals surface area contributed by atoms with E-state index in [1.54, 1.807) is 0 Å². The molecule has 2 N–H and O–H groups in total. The number of nitrogens with one attached hydrogen (secondary N) is 2. The lowest BCUT2D eigenvalue weighted by Gasteiger charge is -2.25. The molecule has 1 heterocycles. The quantitative estimate of drug-likeness (QED) is 0.864. The average Bonchev–Trinajstić information content (AvgIpc) is 2.51. The summed E-state index contributed by atoms with van der Waals surface area (Å²) >= 11 is 3.53. The lowest BCUT2D eigenvalue weighted by molar-refractivity contribution is -0.119. The zero-order chi connectivity index (χ0) is 14.8. The standard InChI is InChI=1S/C17H17BrN2O/c1-11-5-4-8-15(16(11)18)20-17(21)13-9-12-6-2-3-7-14(12)19-10-13/h2-8,13,19H,9-10H2,1H3,(H,20,21). The summed E-state index contributed by atoms with van der Waals surface area (Å²) in [4.78, 5) is 12.5. The van der Waals surface area contributed by atoms with Gasteiger partial charge in [0.05, 0.1) is 11.6 Å². The summed E-state index contributed by atoms with van der Waals surface area (Å²) in [6.07, 6.45) is 0.776. The zero-order valence-corrected chi connectivity index (χ0v) is 13.4. The molecule has 1 atom stereocenters. The van der Waals surface area contributed by atoms with Crippen LogP contribution in [-0.2, 0) is 11.2 Å². The van der Waals surface area contributed by atoms with Gasteiger partial charge in [0.2, 0.25) is 5.91 Å². The van der Waals surface area contributed by atoms with Gasteiger partial charge in [-0.1, -0.05) is 30.3 Å². The monoisotopic (exact) mass is 344 g/mol. The van der Waals surface area contributed by atoms with Crippen molar-refractivity contribution in [2.75, 3.05) is 17.2 Å². The minimum atomic E-state index is -0.0488. The van der Waals surface area contributed by atoms with Crippen LogP contribution in [0, 0.1) is 12.8 Å². The van der Waals surface area contributed by atoms with E-state index in [2.05, 4.69) is 38.7 Å². The third-order valence-corrected chi connectivity index (χ3v) is 4.90. The maximum absolute atomic E-state index is 12.5. The number of fused-ring (bicyclic) bond motifs is 1. The van der Waals surface area contributed by atoms with E-state index in [9.17, 15) is 4.79 Å². The summed E-state index contributed by atoms with van der Waals surface area (Å²) < 4.78 is 0.947. The first kappa shape index (κ1) is 14.1. The Labute approximate surface area is 132 Å². The Bertz CT molecular complexity index is 684. The third kappa shape index (κ3) is 2.95. The van der Waals surface area contributed by atoms with Gasteiger partial charge in [0, 0.05) is 16.7 Å². The van der Waals surface area contributed by atoms with E-state index in [1.165, 1.54) is 5.56 Å². The fraction of sp³-hybridized carbons (Fsp3) is 0.235. The summed E-state index contributed by atoms with van der Waals surface area (Å²) in [6, 6.07) is 14.0. The molecule has 0 saturated heterocycles. The van der Waals surface area contributed by atoms with Crippen LogP contribution in [0.25, 0.3) is 0 Å². The molecule has 4 heteroatoms. The molecule has 1 aliphatic rings. The highest BCUT2D eigenvalue weighted by atomic mass is 79.9. The van der Waals surface area contributed by atoms with Gasteiger partial charge in [-0.05, 0) is 52.5 Å². The summed E-state index contributed by atoms with van der Waals surface area (Å²) in [5, 5.41) is 6.36. The molecule has 0 bridgehead atoms. The molecule has 0 spiro atoms. The van der Waals surface area contributed by atoms with Gasteiger partial charge in [-0.25, -0.2) is 0 Å². The Morgan fingerprint density at radius 2 is 2.05 bits per heavy atom. The van der Waals surface area contributed by atoms with Crippen molar-refractivity contribution in [3.63, 3.8) is 0 Å². The number of carbonyl (C=O) groups is 1. The van der Waals surface area contributed by atoms with E-state index < -0.39 is 0 Å². The summed E-state index contributed by atoms with van der Waals surface area (Å²) in [5.74, 6) is 0.00983. The van der Waals surface area contributed by atoms with E-state index in [0.29, 0.717) is 6.54 Å². The highest BCUT2D eigenvalue weighted by Gasteiger charge is 2.24. The van der Waals surface area contributed by atoms with Crippen LogP contribution >= 0.6 is 15.9 Å². The lowest BCUT2D eigenvalue weighted by Crippen LogP contribution is -2.33. The van der Waals surface area contributed by atoms with Gasteiger partial charge < -0.3 is 10.6 Å². The number of benzene rings is 2. The fourth-order valence-electron chi connectivity index (χ4n) is 2.61. The van der Waals surface area contributed by atoms with Crippen molar-refractivity contribution < 1.29 is 4.79 Å². The number of hydrogen-bond donors (Lipinski definition) is 2. The molecule has 0 aromatic heterocycles. The van der Waals surface area contributed by atoms with E-state index >= 15 is 0 Å². The predicted octanol–water partition coefficient (Wildman–Crippen LogP) is 3.98. The van der Waals surface area contributed by atoms with Crippen molar-refractivity contribution in [3.05, 3.63) is 58.1 Å². The van der Waals surface area contributed by atoms with Crippen LogP contribution in [0.1, 0.15) is 11.1 Å². The van der Waals surface area contributed by atoms with Crippen LogP contribution in [0.15, 0.2) is 46.9 Å². The number of halogens is 1. The first-order chi connectivity index (χ1) is 10.1. The molecule has 21 heavy (non-hydrogen) atoms. The van der Waals surface area contributed by atoms with Gasteiger partial charge in [-0.15, -0.1) is 0 Å².